The number of aryl methyl sites for hydroxylation is 2. The molecule has 0 aliphatic rings. The predicted molar refractivity (Wildman–Crippen MR) is 87.4 cm³/mol. The number of amides is 1. The number of aromatic nitrogens is 2. The minimum Gasteiger partial charge on any atom is -0.322 e. The first-order valence-corrected chi connectivity index (χ1v) is 7.12. The van der Waals surface area contributed by atoms with Crippen LogP contribution in [0.1, 0.15) is 21.5 Å². The fraction of sp³-hybridized carbons (Fsp3) is 0.111. The van der Waals surface area contributed by atoms with Crippen LogP contribution in [0.25, 0.3) is 5.69 Å². The van der Waals surface area contributed by atoms with Gasteiger partial charge in [-0.1, -0.05) is 35.9 Å². The smallest absolute Gasteiger partial charge is 0.258 e. The molecule has 2 aromatic carbocycles. The molecule has 0 aliphatic heterocycles. The molecule has 0 radical (unpaired) electrons. The summed E-state index contributed by atoms with van der Waals surface area (Å²) in [6.45, 7) is 4.01. The fourth-order valence-corrected chi connectivity index (χ4v) is 2.31. The lowest BCUT2D eigenvalue weighted by molar-refractivity contribution is 0.102. The van der Waals surface area contributed by atoms with Crippen LogP contribution < -0.4 is 5.32 Å². The van der Waals surface area contributed by atoms with Gasteiger partial charge in [0, 0.05) is 11.9 Å². The molecule has 0 saturated carbocycles. The van der Waals surface area contributed by atoms with E-state index >= 15 is 0 Å². The highest BCUT2D eigenvalue weighted by Crippen LogP contribution is 2.17. The summed E-state index contributed by atoms with van der Waals surface area (Å²) in [4.78, 5) is 12.3. The van der Waals surface area contributed by atoms with Gasteiger partial charge in [0.1, 0.15) is 0 Å². The summed E-state index contributed by atoms with van der Waals surface area (Å²) in [6.07, 6.45) is 3.31. The van der Waals surface area contributed by atoms with E-state index in [1.807, 2.05) is 62.4 Å². The van der Waals surface area contributed by atoms with Crippen LogP contribution in [0.5, 0.6) is 0 Å². The number of rotatable bonds is 3. The van der Waals surface area contributed by atoms with Gasteiger partial charge in [0.05, 0.1) is 17.4 Å². The van der Waals surface area contributed by atoms with E-state index in [-0.39, 0.29) is 5.91 Å². The van der Waals surface area contributed by atoms with Gasteiger partial charge in [-0.2, -0.15) is 5.10 Å². The Bertz CT molecular complexity index is 806. The van der Waals surface area contributed by atoms with Crippen LogP contribution in [0, 0.1) is 13.8 Å². The van der Waals surface area contributed by atoms with Crippen molar-refractivity contribution in [1.29, 1.82) is 0 Å². The first-order valence-electron chi connectivity index (χ1n) is 7.12. The maximum absolute atomic E-state index is 12.3. The van der Waals surface area contributed by atoms with Crippen LogP contribution in [0.2, 0.25) is 0 Å². The molecule has 1 heterocycles. The van der Waals surface area contributed by atoms with Crippen molar-refractivity contribution >= 4 is 11.6 Å². The Morgan fingerprint density at radius 1 is 1.09 bits per heavy atom. The molecule has 0 aliphatic carbocycles. The zero-order valence-electron chi connectivity index (χ0n) is 12.6. The number of nitrogens with zero attached hydrogens (tertiary/aromatic N) is 2. The van der Waals surface area contributed by atoms with Crippen molar-refractivity contribution in [2.24, 2.45) is 0 Å². The number of benzene rings is 2. The summed E-state index contributed by atoms with van der Waals surface area (Å²) in [6, 6.07) is 15.7. The highest BCUT2D eigenvalue weighted by molar-refractivity contribution is 6.04. The number of anilines is 1. The van der Waals surface area contributed by atoms with E-state index < -0.39 is 0 Å². The van der Waals surface area contributed by atoms with Gasteiger partial charge in [0.2, 0.25) is 0 Å². The Balaban J connectivity index is 1.80. The molecule has 0 spiro atoms. The van der Waals surface area contributed by atoms with Gasteiger partial charge >= 0.3 is 0 Å². The molecule has 0 saturated heterocycles. The van der Waals surface area contributed by atoms with Crippen LogP contribution >= 0.6 is 0 Å². The third-order valence-corrected chi connectivity index (χ3v) is 3.50. The molecule has 0 fully saturated rings. The summed E-state index contributed by atoms with van der Waals surface area (Å²) in [5.41, 5.74) is 4.50. The number of hydrogen-bond donors (Lipinski definition) is 1. The highest BCUT2D eigenvalue weighted by atomic mass is 16.1. The molecular formula is C18H17N3O. The summed E-state index contributed by atoms with van der Waals surface area (Å²) in [7, 11) is 0. The largest absolute Gasteiger partial charge is 0.322 e. The zero-order valence-corrected chi connectivity index (χ0v) is 12.6. The molecule has 3 aromatic rings. The normalized spacial score (nSPS) is 10.5. The van der Waals surface area contributed by atoms with Crippen molar-refractivity contribution < 1.29 is 4.79 Å². The first-order chi connectivity index (χ1) is 10.6. The van der Waals surface area contributed by atoms with E-state index in [4.69, 9.17) is 0 Å². The lowest BCUT2D eigenvalue weighted by Crippen LogP contribution is -2.12. The topological polar surface area (TPSA) is 46.9 Å². The quantitative estimate of drug-likeness (QED) is 0.799. The zero-order chi connectivity index (χ0) is 15.5. The average molecular weight is 291 g/mol. The minimum atomic E-state index is -0.158. The van der Waals surface area contributed by atoms with Crippen molar-refractivity contribution in [3.05, 3.63) is 77.6 Å². The van der Waals surface area contributed by atoms with Gasteiger partial charge in [-0.15, -0.1) is 0 Å². The van der Waals surface area contributed by atoms with Crippen molar-refractivity contribution in [2.45, 2.75) is 13.8 Å². The van der Waals surface area contributed by atoms with Crippen molar-refractivity contribution in [1.82, 2.24) is 9.78 Å². The fourth-order valence-electron chi connectivity index (χ4n) is 2.31. The predicted octanol–water partition coefficient (Wildman–Crippen LogP) is 3.74. The first kappa shape index (κ1) is 14.1. The second kappa shape index (κ2) is 5.85. The Kier molecular flexibility index (Phi) is 3.74. The average Bonchev–Trinajstić information content (AvgIpc) is 3.01. The number of carbonyl (C=O) groups excluding carboxylic acids is 1. The summed E-state index contributed by atoms with van der Waals surface area (Å²) in [5.74, 6) is -0.158. The number of hydrogen-bond acceptors (Lipinski definition) is 2. The summed E-state index contributed by atoms with van der Waals surface area (Å²) in [5, 5.41) is 7.17. The van der Waals surface area contributed by atoms with Crippen LogP contribution in [-0.2, 0) is 0 Å². The summed E-state index contributed by atoms with van der Waals surface area (Å²) >= 11 is 0. The van der Waals surface area contributed by atoms with E-state index in [1.165, 1.54) is 5.56 Å². The standard InChI is InChI=1S/C18H17N3O/c1-13-8-9-17(14(2)10-13)20-18(22)15-11-19-21(12-15)16-6-4-3-5-7-16/h3-12H,1-2H3,(H,20,22). The van der Waals surface area contributed by atoms with E-state index in [9.17, 15) is 4.79 Å². The van der Waals surface area contributed by atoms with E-state index in [0.717, 1.165) is 16.9 Å². The van der Waals surface area contributed by atoms with Gasteiger partial charge < -0.3 is 5.32 Å². The molecular weight excluding hydrogens is 274 g/mol. The Morgan fingerprint density at radius 3 is 2.59 bits per heavy atom. The van der Waals surface area contributed by atoms with Gasteiger partial charge in [0.15, 0.2) is 0 Å². The lowest BCUT2D eigenvalue weighted by atomic mass is 10.1. The third-order valence-electron chi connectivity index (χ3n) is 3.50. The lowest BCUT2D eigenvalue weighted by Gasteiger charge is -2.08. The summed E-state index contributed by atoms with van der Waals surface area (Å²) < 4.78 is 1.69. The van der Waals surface area contributed by atoms with Crippen LogP contribution in [0.3, 0.4) is 0 Å². The van der Waals surface area contributed by atoms with Crippen LogP contribution in [-0.4, -0.2) is 15.7 Å². The van der Waals surface area contributed by atoms with Gasteiger partial charge in [0.25, 0.3) is 5.91 Å². The number of nitrogens with one attached hydrogen (secondary N) is 1. The molecule has 110 valence electrons. The molecule has 0 atom stereocenters. The Morgan fingerprint density at radius 2 is 1.86 bits per heavy atom. The van der Waals surface area contributed by atoms with Gasteiger partial charge in [-0.25, -0.2) is 4.68 Å². The van der Waals surface area contributed by atoms with Crippen LogP contribution in [0.15, 0.2) is 60.9 Å². The van der Waals surface area contributed by atoms with E-state index in [1.54, 1.807) is 17.1 Å². The van der Waals surface area contributed by atoms with Crippen molar-refractivity contribution in [2.75, 3.05) is 5.32 Å². The van der Waals surface area contributed by atoms with E-state index in [0.29, 0.717) is 5.56 Å². The third kappa shape index (κ3) is 2.91. The van der Waals surface area contributed by atoms with Gasteiger partial charge in [-0.3, -0.25) is 4.79 Å². The molecule has 1 aromatic heterocycles. The maximum atomic E-state index is 12.3. The Hall–Kier alpha value is -2.88. The SMILES string of the molecule is Cc1ccc(NC(=O)c2cnn(-c3ccccc3)c2)c(C)c1. The molecule has 0 bridgehead atoms. The van der Waals surface area contributed by atoms with Crippen LogP contribution in [0.4, 0.5) is 5.69 Å². The highest BCUT2D eigenvalue weighted by Gasteiger charge is 2.11. The second-order valence-electron chi connectivity index (χ2n) is 5.28. The molecule has 1 N–H and O–H groups in total. The molecule has 3 rings (SSSR count). The number of carbonyl (C=O) groups is 1. The molecule has 1 amide bonds. The molecule has 22 heavy (non-hydrogen) atoms. The molecule has 4 heteroatoms. The second-order valence-corrected chi connectivity index (χ2v) is 5.28. The monoisotopic (exact) mass is 291 g/mol. The van der Waals surface area contributed by atoms with Crippen molar-refractivity contribution in [3.63, 3.8) is 0 Å². The van der Waals surface area contributed by atoms with E-state index in [2.05, 4.69) is 10.4 Å². The maximum Gasteiger partial charge on any atom is 0.258 e. The minimum absolute atomic E-state index is 0.158. The molecule has 0 unspecified atom stereocenters. The number of para-hydroxylation sites is 1. The Labute approximate surface area is 129 Å². The van der Waals surface area contributed by atoms with Gasteiger partial charge in [-0.05, 0) is 37.6 Å². The van der Waals surface area contributed by atoms with Crippen molar-refractivity contribution in [3.8, 4) is 5.69 Å². The molecule has 4 nitrogen and oxygen atoms in total.